The van der Waals surface area contributed by atoms with Crippen molar-refractivity contribution in [3.05, 3.63) is 88.5 Å². The van der Waals surface area contributed by atoms with Crippen LogP contribution in [-0.2, 0) is 25.6 Å². The Kier molecular flexibility index (Phi) is 6.07. The molecule has 6 rings (SSSR count). The summed E-state index contributed by atoms with van der Waals surface area (Å²) in [5.41, 5.74) is -3.09. The average molecular weight is 562 g/mol. The highest BCUT2D eigenvalue weighted by molar-refractivity contribution is 6.14. The number of methoxy groups -OCH3 is 2. The molecule has 0 saturated heterocycles. The van der Waals surface area contributed by atoms with Gasteiger partial charge < -0.3 is 29.2 Å². The Hall–Kier alpha value is -4.45. The van der Waals surface area contributed by atoms with Crippen molar-refractivity contribution < 1.29 is 48.4 Å². The molecule has 0 bridgehead atoms. The van der Waals surface area contributed by atoms with E-state index in [0.29, 0.717) is 16.9 Å². The summed E-state index contributed by atoms with van der Waals surface area (Å²) >= 11 is 0. The van der Waals surface area contributed by atoms with Crippen molar-refractivity contribution in [3.8, 4) is 17.2 Å². The van der Waals surface area contributed by atoms with E-state index in [2.05, 4.69) is 0 Å². The third-order valence-corrected chi connectivity index (χ3v) is 8.38. The second kappa shape index (κ2) is 9.30. The summed E-state index contributed by atoms with van der Waals surface area (Å²) in [6.07, 6.45) is -1.76. The zero-order valence-corrected chi connectivity index (χ0v) is 22.6. The fourth-order valence-electron chi connectivity index (χ4n) is 6.56. The molecular weight excluding hydrogens is 534 g/mol. The lowest BCUT2D eigenvalue weighted by Gasteiger charge is -2.41. The molecule has 1 fully saturated rings. The molecule has 212 valence electrons. The number of carbonyl (C=O) groups excluding carboxylic acids is 3. The quantitative estimate of drug-likeness (QED) is 0.262. The topological polar surface area (TPSA) is 141 Å². The molecule has 1 saturated carbocycles. The predicted octanol–water partition coefficient (Wildman–Crippen LogP) is 2.28. The normalized spacial score (nSPS) is 27.4. The SMILES string of the molecule is COc1cc(OC)c2c(c1)O[C@@]1(c3ccccc3)[C@H](c3ccc4c(c3)C(=O)OC4=O)[C@@H](C(=O)N(C)OC)[C@@H](O)[C@@]21O. The number of hydrogen-bond donors (Lipinski definition) is 2. The molecular formula is C30H27NO10. The largest absolute Gasteiger partial charge is 0.496 e. The maximum Gasteiger partial charge on any atom is 0.346 e. The third-order valence-electron chi connectivity index (χ3n) is 8.38. The van der Waals surface area contributed by atoms with E-state index in [1.165, 1.54) is 40.5 Å². The van der Waals surface area contributed by atoms with Crippen LogP contribution < -0.4 is 14.2 Å². The van der Waals surface area contributed by atoms with Gasteiger partial charge in [0.05, 0.1) is 43.9 Å². The van der Waals surface area contributed by atoms with Gasteiger partial charge in [0.1, 0.15) is 23.4 Å². The Bertz CT molecular complexity index is 1590. The first-order valence-corrected chi connectivity index (χ1v) is 12.8. The first-order chi connectivity index (χ1) is 19.6. The van der Waals surface area contributed by atoms with Gasteiger partial charge in [0.15, 0.2) is 11.2 Å². The molecule has 1 aliphatic carbocycles. The second-order valence-electron chi connectivity index (χ2n) is 10.1. The number of carbonyl (C=O) groups is 3. The van der Waals surface area contributed by atoms with Gasteiger partial charge in [-0.2, -0.15) is 0 Å². The number of aliphatic hydroxyl groups excluding tert-OH is 1. The zero-order chi connectivity index (χ0) is 29.3. The molecule has 2 N–H and O–H groups in total. The lowest BCUT2D eigenvalue weighted by atomic mass is 9.70. The van der Waals surface area contributed by atoms with E-state index in [4.69, 9.17) is 23.8 Å². The molecule has 0 radical (unpaired) electrons. The van der Waals surface area contributed by atoms with Gasteiger partial charge in [-0.3, -0.25) is 9.63 Å². The van der Waals surface area contributed by atoms with Crippen LogP contribution in [0.1, 0.15) is 43.3 Å². The summed E-state index contributed by atoms with van der Waals surface area (Å²) in [5, 5.41) is 25.9. The third kappa shape index (κ3) is 3.40. The van der Waals surface area contributed by atoms with Gasteiger partial charge >= 0.3 is 11.9 Å². The number of esters is 2. The van der Waals surface area contributed by atoms with E-state index in [-0.39, 0.29) is 28.2 Å². The van der Waals surface area contributed by atoms with E-state index in [0.717, 1.165) is 5.06 Å². The van der Waals surface area contributed by atoms with Crippen molar-refractivity contribution in [1.82, 2.24) is 5.06 Å². The molecule has 3 aromatic carbocycles. The van der Waals surface area contributed by atoms with Crippen LogP contribution in [0.5, 0.6) is 17.2 Å². The lowest BCUT2D eigenvalue weighted by molar-refractivity contribution is -0.181. The molecule has 3 aromatic rings. The van der Waals surface area contributed by atoms with Gasteiger partial charge in [-0.05, 0) is 23.3 Å². The summed E-state index contributed by atoms with van der Waals surface area (Å²) in [6, 6.07) is 16.3. The highest BCUT2D eigenvalue weighted by Crippen LogP contribution is 2.70. The van der Waals surface area contributed by atoms with Crippen LogP contribution >= 0.6 is 0 Å². The maximum absolute atomic E-state index is 13.9. The zero-order valence-electron chi connectivity index (χ0n) is 22.6. The number of amides is 1. The fraction of sp³-hybridized carbons (Fsp3) is 0.300. The lowest BCUT2D eigenvalue weighted by Crippen LogP contribution is -2.52. The van der Waals surface area contributed by atoms with E-state index in [1.807, 2.05) is 0 Å². The molecule has 11 nitrogen and oxygen atoms in total. The molecule has 2 aliphatic heterocycles. The molecule has 0 aromatic heterocycles. The number of nitrogens with zero attached hydrogens (tertiary/aromatic N) is 1. The molecule has 1 amide bonds. The van der Waals surface area contributed by atoms with Crippen molar-refractivity contribution >= 4 is 17.8 Å². The number of fused-ring (bicyclic) bond motifs is 4. The van der Waals surface area contributed by atoms with Crippen LogP contribution in [-0.4, -0.2) is 67.6 Å². The fourth-order valence-corrected chi connectivity index (χ4v) is 6.56. The first-order valence-electron chi connectivity index (χ1n) is 12.8. The van der Waals surface area contributed by atoms with Gasteiger partial charge in [-0.25, -0.2) is 14.7 Å². The predicted molar refractivity (Wildman–Crippen MR) is 140 cm³/mol. The van der Waals surface area contributed by atoms with Crippen molar-refractivity contribution in [1.29, 1.82) is 0 Å². The Labute approximate surface area is 234 Å². The van der Waals surface area contributed by atoms with Crippen molar-refractivity contribution in [3.63, 3.8) is 0 Å². The van der Waals surface area contributed by atoms with Crippen LogP contribution in [0.4, 0.5) is 0 Å². The Morgan fingerprint density at radius 3 is 2.32 bits per heavy atom. The summed E-state index contributed by atoms with van der Waals surface area (Å²) in [4.78, 5) is 43.9. The Morgan fingerprint density at radius 1 is 0.951 bits per heavy atom. The van der Waals surface area contributed by atoms with Gasteiger partial charge in [-0.15, -0.1) is 0 Å². The number of ether oxygens (including phenoxy) is 4. The molecule has 0 spiro atoms. The molecule has 3 aliphatic rings. The minimum atomic E-state index is -2.25. The molecule has 5 atom stereocenters. The number of aliphatic hydroxyl groups is 2. The molecule has 41 heavy (non-hydrogen) atoms. The number of benzene rings is 3. The van der Waals surface area contributed by atoms with E-state index < -0.39 is 47.0 Å². The summed E-state index contributed by atoms with van der Waals surface area (Å²) in [7, 11) is 5.56. The van der Waals surface area contributed by atoms with Gasteiger partial charge in [-0.1, -0.05) is 36.4 Å². The van der Waals surface area contributed by atoms with E-state index in [9.17, 15) is 24.6 Å². The minimum Gasteiger partial charge on any atom is -0.496 e. The molecule has 0 unspecified atom stereocenters. The second-order valence-corrected chi connectivity index (χ2v) is 10.1. The molecule has 2 heterocycles. The standard InChI is InChI=1S/C30H27NO10/c1-31(39-4)26(33)22-23(15-10-11-18-19(12-15)28(35)40-27(18)34)30(16-8-6-5-7-9-16)29(36,25(22)32)24-20(38-3)13-17(37-2)14-21(24)41-30/h5-14,22-23,25,32,36H,1-4H3/t22-,23-,25-,29+,30+/m1/s1. The van der Waals surface area contributed by atoms with Crippen molar-refractivity contribution in [2.45, 2.75) is 23.2 Å². The van der Waals surface area contributed by atoms with Crippen LogP contribution in [0.3, 0.4) is 0 Å². The maximum atomic E-state index is 13.9. The number of rotatable bonds is 6. The number of cyclic esters (lactones) is 2. The summed E-state index contributed by atoms with van der Waals surface area (Å²) in [5.74, 6) is -4.02. The van der Waals surface area contributed by atoms with Crippen LogP contribution in [0.15, 0.2) is 60.7 Å². The highest BCUT2D eigenvalue weighted by atomic mass is 16.7. The van der Waals surface area contributed by atoms with Crippen LogP contribution in [0.2, 0.25) is 0 Å². The van der Waals surface area contributed by atoms with Crippen LogP contribution in [0, 0.1) is 5.92 Å². The van der Waals surface area contributed by atoms with Gasteiger partial charge in [0.25, 0.3) is 5.91 Å². The number of hydroxylamine groups is 2. The smallest absolute Gasteiger partial charge is 0.346 e. The monoisotopic (exact) mass is 561 g/mol. The average Bonchev–Trinajstić information content (AvgIpc) is 3.51. The van der Waals surface area contributed by atoms with Gasteiger partial charge in [0, 0.05) is 25.1 Å². The van der Waals surface area contributed by atoms with E-state index in [1.54, 1.807) is 48.5 Å². The summed E-state index contributed by atoms with van der Waals surface area (Å²) < 4.78 is 22.6. The van der Waals surface area contributed by atoms with Crippen molar-refractivity contribution in [2.75, 3.05) is 28.4 Å². The van der Waals surface area contributed by atoms with Gasteiger partial charge in [0.2, 0.25) is 0 Å². The van der Waals surface area contributed by atoms with E-state index >= 15 is 0 Å². The molecule has 11 heteroatoms. The summed E-state index contributed by atoms with van der Waals surface area (Å²) in [6.45, 7) is 0. The Morgan fingerprint density at radius 2 is 1.66 bits per heavy atom. The Balaban J connectivity index is 1.70. The number of hydrogen-bond acceptors (Lipinski definition) is 10. The first kappa shape index (κ1) is 26.8. The minimum absolute atomic E-state index is 0.00157. The highest BCUT2D eigenvalue weighted by Gasteiger charge is 2.78. The van der Waals surface area contributed by atoms with Crippen molar-refractivity contribution in [2.24, 2.45) is 5.92 Å². The van der Waals surface area contributed by atoms with Crippen LogP contribution in [0.25, 0.3) is 0 Å².